The van der Waals surface area contributed by atoms with E-state index in [1.807, 2.05) is 19.1 Å². The molecule has 0 aromatic carbocycles. The van der Waals surface area contributed by atoms with Crippen LogP contribution < -0.4 is 0 Å². The van der Waals surface area contributed by atoms with Gasteiger partial charge in [0.25, 0.3) is 0 Å². The van der Waals surface area contributed by atoms with Crippen molar-refractivity contribution in [3.05, 3.63) is 25.3 Å². The molecule has 0 amide bonds. The Hall–Kier alpha value is -0.600. The highest BCUT2D eigenvalue weighted by Crippen LogP contribution is 2.30. The summed E-state index contributed by atoms with van der Waals surface area (Å²) in [4.78, 5) is 0. The van der Waals surface area contributed by atoms with Crippen molar-refractivity contribution >= 4 is 0 Å². The molecule has 2 nitrogen and oxygen atoms in total. The molecular formula is C10H16O2. The van der Waals surface area contributed by atoms with Crippen molar-refractivity contribution in [1.29, 1.82) is 0 Å². The van der Waals surface area contributed by atoms with Crippen molar-refractivity contribution < 1.29 is 9.47 Å². The Morgan fingerprint density at radius 1 is 1.42 bits per heavy atom. The summed E-state index contributed by atoms with van der Waals surface area (Å²) in [6, 6.07) is 0. The maximum Gasteiger partial charge on any atom is 0.175 e. The predicted octanol–water partition coefficient (Wildman–Crippen LogP) is 2.27. The molecule has 1 aliphatic heterocycles. The summed E-state index contributed by atoms with van der Waals surface area (Å²) in [5.41, 5.74) is 0. The van der Waals surface area contributed by atoms with E-state index in [2.05, 4.69) is 13.2 Å². The predicted molar refractivity (Wildman–Crippen MR) is 48.9 cm³/mol. The van der Waals surface area contributed by atoms with Gasteiger partial charge in [-0.2, -0.15) is 0 Å². The van der Waals surface area contributed by atoms with Gasteiger partial charge in [0.15, 0.2) is 5.79 Å². The zero-order valence-corrected chi connectivity index (χ0v) is 7.58. The van der Waals surface area contributed by atoms with Gasteiger partial charge >= 0.3 is 0 Å². The maximum absolute atomic E-state index is 5.66. The van der Waals surface area contributed by atoms with E-state index in [1.165, 1.54) is 0 Å². The van der Waals surface area contributed by atoms with Crippen LogP contribution in [0, 0.1) is 0 Å². The van der Waals surface area contributed by atoms with E-state index in [1.54, 1.807) is 0 Å². The van der Waals surface area contributed by atoms with Gasteiger partial charge < -0.3 is 9.47 Å². The average Bonchev–Trinajstić information content (AvgIpc) is 2.34. The van der Waals surface area contributed by atoms with Crippen molar-refractivity contribution in [3.63, 3.8) is 0 Å². The van der Waals surface area contributed by atoms with Gasteiger partial charge in [0.2, 0.25) is 0 Å². The van der Waals surface area contributed by atoms with Crippen LogP contribution >= 0.6 is 0 Å². The lowest BCUT2D eigenvalue weighted by Crippen LogP contribution is -2.29. The molecule has 0 radical (unpaired) electrons. The largest absolute Gasteiger partial charge is 0.347 e. The number of hydrogen-bond acceptors (Lipinski definition) is 2. The summed E-state index contributed by atoms with van der Waals surface area (Å²) in [5.74, 6) is -0.469. The molecule has 0 aromatic heterocycles. The van der Waals surface area contributed by atoms with Crippen molar-refractivity contribution in [2.24, 2.45) is 0 Å². The zero-order chi connectivity index (χ0) is 9.03. The Bertz CT molecular complexity index is 165. The van der Waals surface area contributed by atoms with Crippen LogP contribution in [-0.4, -0.2) is 18.5 Å². The lowest BCUT2D eigenvalue weighted by molar-refractivity contribution is -0.160. The van der Waals surface area contributed by atoms with Gasteiger partial charge in [-0.25, -0.2) is 0 Å². The standard InChI is InChI=1S/C10H16O2/c1-4-6-10(7-5-2)11-8-9(3)12-10/h4-5,9H,1-2,6-8H2,3H3. The topological polar surface area (TPSA) is 18.5 Å². The fraction of sp³-hybridized carbons (Fsp3) is 0.600. The highest BCUT2D eigenvalue weighted by atomic mass is 16.7. The Labute approximate surface area is 73.9 Å². The second kappa shape index (κ2) is 3.87. The van der Waals surface area contributed by atoms with Crippen molar-refractivity contribution in [2.75, 3.05) is 6.61 Å². The van der Waals surface area contributed by atoms with Crippen LogP contribution in [0.3, 0.4) is 0 Å². The highest BCUT2D eigenvalue weighted by Gasteiger charge is 2.37. The summed E-state index contributed by atoms with van der Waals surface area (Å²) < 4.78 is 11.2. The molecule has 0 aromatic rings. The van der Waals surface area contributed by atoms with E-state index in [9.17, 15) is 0 Å². The number of ether oxygens (including phenoxy) is 2. The molecule has 1 aliphatic rings. The van der Waals surface area contributed by atoms with E-state index in [0.717, 1.165) is 12.8 Å². The quantitative estimate of drug-likeness (QED) is 0.599. The summed E-state index contributed by atoms with van der Waals surface area (Å²) in [5, 5.41) is 0. The van der Waals surface area contributed by atoms with E-state index in [0.29, 0.717) is 6.61 Å². The normalized spacial score (nSPS) is 26.9. The third kappa shape index (κ3) is 1.96. The molecule has 2 heteroatoms. The Balaban J connectivity index is 2.59. The first-order valence-electron chi connectivity index (χ1n) is 4.26. The van der Waals surface area contributed by atoms with Gasteiger partial charge in [0.05, 0.1) is 12.7 Å². The van der Waals surface area contributed by atoms with Crippen LogP contribution in [0.1, 0.15) is 19.8 Å². The van der Waals surface area contributed by atoms with Gasteiger partial charge in [-0.1, -0.05) is 12.2 Å². The third-order valence-corrected chi connectivity index (χ3v) is 1.91. The van der Waals surface area contributed by atoms with Crippen molar-refractivity contribution in [3.8, 4) is 0 Å². The molecule has 1 atom stereocenters. The van der Waals surface area contributed by atoms with Crippen LogP contribution in [0.2, 0.25) is 0 Å². The molecule has 12 heavy (non-hydrogen) atoms. The molecular weight excluding hydrogens is 152 g/mol. The van der Waals surface area contributed by atoms with Crippen LogP contribution in [0.4, 0.5) is 0 Å². The Morgan fingerprint density at radius 2 is 2.00 bits per heavy atom. The van der Waals surface area contributed by atoms with Crippen LogP contribution in [-0.2, 0) is 9.47 Å². The first kappa shape index (κ1) is 9.49. The smallest absolute Gasteiger partial charge is 0.175 e. The fourth-order valence-corrected chi connectivity index (χ4v) is 1.44. The zero-order valence-electron chi connectivity index (χ0n) is 7.58. The number of hydrogen-bond donors (Lipinski definition) is 0. The molecule has 0 spiro atoms. The molecule has 0 aliphatic carbocycles. The van der Waals surface area contributed by atoms with E-state index >= 15 is 0 Å². The van der Waals surface area contributed by atoms with Gasteiger partial charge in [0.1, 0.15) is 0 Å². The van der Waals surface area contributed by atoms with Crippen LogP contribution in [0.25, 0.3) is 0 Å². The average molecular weight is 168 g/mol. The van der Waals surface area contributed by atoms with Crippen molar-refractivity contribution in [1.82, 2.24) is 0 Å². The summed E-state index contributed by atoms with van der Waals surface area (Å²) in [7, 11) is 0. The first-order valence-corrected chi connectivity index (χ1v) is 4.26. The van der Waals surface area contributed by atoms with E-state index in [4.69, 9.17) is 9.47 Å². The lowest BCUT2D eigenvalue weighted by atomic mass is 10.1. The second-order valence-electron chi connectivity index (χ2n) is 3.14. The highest BCUT2D eigenvalue weighted by molar-refractivity contribution is 4.90. The minimum Gasteiger partial charge on any atom is -0.347 e. The van der Waals surface area contributed by atoms with Gasteiger partial charge in [-0.15, -0.1) is 13.2 Å². The summed E-state index contributed by atoms with van der Waals surface area (Å²) >= 11 is 0. The van der Waals surface area contributed by atoms with Gasteiger partial charge in [-0.05, 0) is 6.92 Å². The maximum atomic E-state index is 5.66. The molecule has 0 bridgehead atoms. The van der Waals surface area contributed by atoms with Gasteiger partial charge in [0, 0.05) is 12.8 Å². The molecule has 0 N–H and O–H groups in total. The van der Waals surface area contributed by atoms with E-state index in [-0.39, 0.29) is 6.10 Å². The first-order chi connectivity index (χ1) is 5.72. The third-order valence-electron chi connectivity index (χ3n) is 1.91. The van der Waals surface area contributed by atoms with Crippen LogP contribution in [0.15, 0.2) is 25.3 Å². The molecule has 1 saturated heterocycles. The monoisotopic (exact) mass is 168 g/mol. The number of rotatable bonds is 4. The van der Waals surface area contributed by atoms with Crippen LogP contribution in [0.5, 0.6) is 0 Å². The summed E-state index contributed by atoms with van der Waals surface area (Å²) in [6.07, 6.45) is 5.28. The Kier molecular flexibility index (Phi) is 3.06. The lowest BCUT2D eigenvalue weighted by Gasteiger charge is -2.24. The van der Waals surface area contributed by atoms with Crippen molar-refractivity contribution in [2.45, 2.75) is 31.7 Å². The minimum absolute atomic E-state index is 0.185. The molecule has 1 rings (SSSR count). The summed E-state index contributed by atoms with van der Waals surface area (Å²) in [6.45, 7) is 10.0. The molecule has 68 valence electrons. The SMILES string of the molecule is C=CCC1(CC=C)OCC(C)O1. The molecule has 1 heterocycles. The fourth-order valence-electron chi connectivity index (χ4n) is 1.44. The molecule has 1 unspecified atom stereocenters. The minimum atomic E-state index is -0.469. The molecule has 0 saturated carbocycles. The molecule has 1 fully saturated rings. The Morgan fingerprint density at radius 3 is 2.33 bits per heavy atom. The van der Waals surface area contributed by atoms with Gasteiger partial charge in [-0.3, -0.25) is 0 Å². The second-order valence-corrected chi connectivity index (χ2v) is 3.14. The van der Waals surface area contributed by atoms with E-state index < -0.39 is 5.79 Å².